The van der Waals surface area contributed by atoms with Crippen molar-refractivity contribution in [2.75, 3.05) is 13.2 Å². The van der Waals surface area contributed by atoms with Crippen molar-refractivity contribution in [3.05, 3.63) is 94.7 Å². The number of imidazole rings is 1. The first kappa shape index (κ1) is 24.4. The van der Waals surface area contributed by atoms with E-state index >= 15 is 0 Å². The number of carbonyl (C=O) groups excluding carboxylic acids is 1. The Morgan fingerprint density at radius 1 is 1.09 bits per heavy atom. The Kier molecular flexibility index (Phi) is 6.90. The number of aliphatic hydroxyl groups is 2. The van der Waals surface area contributed by atoms with Crippen molar-refractivity contribution in [1.29, 1.82) is 0 Å². The van der Waals surface area contributed by atoms with Gasteiger partial charge >= 0.3 is 0 Å². The molecule has 0 unspecified atom stereocenters. The van der Waals surface area contributed by atoms with Crippen molar-refractivity contribution >= 4 is 11.4 Å². The van der Waals surface area contributed by atoms with Gasteiger partial charge in [0.25, 0.3) is 0 Å². The van der Waals surface area contributed by atoms with Gasteiger partial charge in [0.2, 0.25) is 0 Å². The van der Waals surface area contributed by atoms with E-state index in [0.717, 1.165) is 17.7 Å². The van der Waals surface area contributed by atoms with Gasteiger partial charge in [0, 0.05) is 18.8 Å². The minimum Gasteiger partial charge on any atom is -0.485 e. The SMILES string of the molecule is Cc1ccnc(C(CO)(CO)CC(=O)c2c(C)nc3c(OCc4c(F)cccc4F)cccn23)c1. The average Bonchev–Trinajstić information content (AvgIpc) is 3.19. The van der Waals surface area contributed by atoms with Gasteiger partial charge < -0.3 is 14.9 Å². The highest BCUT2D eigenvalue weighted by molar-refractivity contribution is 5.97. The van der Waals surface area contributed by atoms with Gasteiger partial charge in [-0.2, -0.15) is 0 Å². The lowest BCUT2D eigenvalue weighted by atomic mass is 9.79. The van der Waals surface area contributed by atoms with Crippen LogP contribution in [0.15, 0.2) is 54.9 Å². The second-order valence-electron chi connectivity index (χ2n) is 8.52. The topological polar surface area (TPSA) is 97.0 Å². The van der Waals surface area contributed by atoms with Crippen LogP contribution in [0.5, 0.6) is 5.75 Å². The molecule has 182 valence electrons. The minimum atomic E-state index is -1.28. The van der Waals surface area contributed by atoms with Gasteiger partial charge in [-0.25, -0.2) is 13.8 Å². The van der Waals surface area contributed by atoms with Crippen molar-refractivity contribution in [2.45, 2.75) is 32.3 Å². The number of benzene rings is 1. The third-order valence-corrected chi connectivity index (χ3v) is 6.05. The van der Waals surface area contributed by atoms with Gasteiger partial charge in [-0.15, -0.1) is 0 Å². The summed E-state index contributed by atoms with van der Waals surface area (Å²) >= 11 is 0. The minimum absolute atomic E-state index is 0.212. The van der Waals surface area contributed by atoms with E-state index in [2.05, 4.69) is 9.97 Å². The Bertz CT molecular complexity index is 1360. The fraction of sp³-hybridized carbons (Fsp3) is 0.269. The quantitative estimate of drug-likeness (QED) is 0.354. The van der Waals surface area contributed by atoms with Crippen LogP contribution in [-0.4, -0.2) is 43.6 Å². The monoisotopic (exact) mass is 481 g/mol. The van der Waals surface area contributed by atoms with Crippen LogP contribution in [0.3, 0.4) is 0 Å². The van der Waals surface area contributed by atoms with Gasteiger partial charge in [-0.1, -0.05) is 6.07 Å². The number of aliphatic hydroxyl groups excluding tert-OH is 2. The van der Waals surface area contributed by atoms with Crippen LogP contribution in [0.1, 0.15) is 39.4 Å². The number of carbonyl (C=O) groups is 1. The van der Waals surface area contributed by atoms with Crippen molar-refractivity contribution < 1.29 is 28.5 Å². The highest BCUT2D eigenvalue weighted by atomic mass is 19.1. The molecule has 7 nitrogen and oxygen atoms in total. The van der Waals surface area contributed by atoms with Crippen molar-refractivity contribution in [1.82, 2.24) is 14.4 Å². The number of fused-ring (bicyclic) bond motifs is 1. The predicted octanol–water partition coefficient (Wildman–Crippen LogP) is 3.70. The van der Waals surface area contributed by atoms with E-state index in [-0.39, 0.29) is 35.8 Å². The Balaban J connectivity index is 1.67. The molecule has 9 heteroatoms. The Labute approximate surface area is 200 Å². The van der Waals surface area contributed by atoms with Gasteiger partial charge in [-0.05, 0) is 55.8 Å². The maximum atomic E-state index is 14.0. The molecule has 0 saturated heterocycles. The van der Waals surface area contributed by atoms with E-state index in [1.54, 1.807) is 43.6 Å². The number of rotatable bonds is 9. The van der Waals surface area contributed by atoms with Gasteiger partial charge in [0.1, 0.15) is 23.9 Å². The summed E-state index contributed by atoms with van der Waals surface area (Å²) in [5.41, 5.74) is 0.765. The van der Waals surface area contributed by atoms with Gasteiger partial charge in [0.15, 0.2) is 17.2 Å². The molecular weight excluding hydrogens is 456 g/mol. The molecule has 0 saturated carbocycles. The summed E-state index contributed by atoms with van der Waals surface area (Å²) in [6.07, 6.45) is 2.98. The molecule has 0 radical (unpaired) electrons. The predicted molar refractivity (Wildman–Crippen MR) is 124 cm³/mol. The normalized spacial score (nSPS) is 11.7. The summed E-state index contributed by atoms with van der Waals surface area (Å²) in [5, 5.41) is 20.3. The lowest BCUT2D eigenvalue weighted by molar-refractivity contribution is 0.0771. The molecule has 0 amide bonds. The van der Waals surface area contributed by atoms with Crippen molar-refractivity contribution in [2.24, 2.45) is 0 Å². The van der Waals surface area contributed by atoms with Gasteiger partial charge in [0.05, 0.1) is 35.6 Å². The molecule has 0 aliphatic rings. The third kappa shape index (κ3) is 4.65. The summed E-state index contributed by atoms with van der Waals surface area (Å²) in [6.45, 7) is 2.19. The molecule has 0 fully saturated rings. The van der Waals surface area contributed by atoms with Crippen LogP contribution >= 0.6 is 0 Å². The highest BCUT2D eigenvalue weighted by Crippen LogP contribution is 2.30. The lowest BCUT2D eigenvalue weighted by Crippen LogP contribution is -2.38. The number of ether oxygens (including phenoxy) is 1. The zero-order chi connectivity index (χ0) is 25.2. The summed E-state index contributed by atoms with van der Waals surface area (Å²) in [7, 11) is 0. The first-order chi connectivity index (χ1) is 16.8. The van der Waals surface area contributed by atoms with Gasteiger partial charge in [-0.3, -0.25) is 14.2 Å². The van der Waals surface area contributed by atoms with Crippen LogP contribution in [0, 0.1) is 25.5 Å². The smallest absolute Gasteiger partial charge is 0.182 e. The number of hydrogen-bond acceptors (Lipinski definition) is 6. The van der Waals surface area contributed by atoms with E-state index < -0.39 is 30.3 Å². The van der Waals surface area contributed by atoms with Crippen LogP contribution in [0.25, 0.3) is 5.65 Å². The fourth-order valence-electron chi connectivity index (χ4n) is 4.06. The number of ketones is 1. The van der Waals surface area contributed by atoms with Crippen molar-refractivity contribution in [3.63, 3.8) is 0 Å². The van der Waals surface area contributed by atoms with Crippen LogP contribution in [0.2, 0.25) is 0 Å². The lowest BCUT2D eigenvalue weighted by Gasteiger charge is -2.28. The summed E-state index contributed by atoms with van der Waals surface area (Å²) in [4.78, 5) is 22.2. The average molecular weight is 481 g/mol. The number of pyridine rings is 2. The second kappa shape index (κ2) is 9.89. The van der Waals surface area contributed by atoms with E-state index in [1.165, 1.54) is 10.5 Å². The molecule has 35 heavy (non-hydrogen) atoms. The molecule has 0 aliphatic carbocycles. The van der Waals surface area contributed by atoms with E-state index in [1.807, 2.05) is 6.92 Å². The Morgan fingerprint density at radius 2 is 1.80 bits per heavy atom. The standard InChI is InChI=1S/C26H25F2N3O4/c1-16-8-9-29-23(11-16)26(14-32,15-33)12-21(34)24-17(2)30-25-22(7-4-10-31(24)25)35-13-18-19(27)5-3-6-20(18)28/h3-11,32-33H,12-15H2,1-2H3. The number of aromatic nitrogens is 3. The Hall–Kier alpha value is -3.69. The summed E-state index contributed by atoms with van der Waals surface area (Å²) in [5.74, 6) is -1.56. The maximum Gasteiger partial charge on any atom is 0.182 e. The summed E-state index contributed by atoms with van der Waals surface area (Å²) in [6, 6.07) is 10.3. The Morgan fingerprint density at radius 3 is 2.46 bits per heavy atom. The fourth-order valence-corrected chi connectivity index (χ4v) is 4.06. The van der Waals surface area contributed by atoms with Crippen LogP contribution < -0.4 is 4.74 Å². The summed E-state index contributed by atoms with van der Waals surface area (Å²) < 4.78 is 35.2. The first-order valence-electron chi connectivity index (χ1n) is 11.0. The third-order valence-electron chi connectivity index (χ3n) is 6.05. The molecule has 0 spiro atoms. The van der Waals surface area contributed by atoms with Crippen LogP contribution in [-0.2, 0) is 12.0 Å². The van der Waals surface area contributed by atoms with E-state index in [4.69, 9.17) is 4.74 Å². The van der Waals surface area contributed by atoms with E-state index in [0.29, 0.717) is 17.0 Å². The molecule has 4 aromatic rings. The largest absolute Gasteiger partial charge is 0.485 e. The number of halogens is 2. The molecule has 0 bridgehead atoms. The zero-order valence-corrected chi connectivity index (χ0v) is 19.3. The first-order valence-corrected chi connectivity index (χ1v) is 11.0. The molecular formula is C26H25F2N3O4. The highest BCUT2D eigenvalue weighted by Gasteiger charge is 2.37. The zero-order valence-electron chi connectivity index (χ0n) is 19.3. The molecule has 1 aromatic carbocycles. The molecule has 0 atom stereocenters. The van der Waals surface area contributed by atoms with Crippen LogP contribution in [0.4, 0.5) is 8.78 Å². The van der Waals surface area contributed by atoms with E-state index in [9.17, 15) is 23.8 Å². The molecule has 4 rings (SSSR count). The maximum absolute atomic E-state index is 14.0. The molecule has 0 aliphatic heterocycles. The number of aryl methyl sites for hydroxylation is 2. The second-order valence-corrected chi connectivity index (χ2v) is 8.52. The number of nitrogens with zero attached hydrogens (tertiary/aromatic N) is 3. The number of Topliss-reactive ketones (excluding diaryl/α,β-unsaturated/α-hetero) is 1. The molecule has 3 heterocycles. The number of hydrogen-bond donors (Lipinski definition) is 2. The molecule has 2 N–H and O–H groups in total. The van der Waals surface area contributed by atoms with Crippen molar-refractivity contribution in [3.8, 4) is 5.75 Å². The molecule has 3 aromatic heterocycles.